The van der Waals surface area contributed by atoms with E-state index in [1.54, 1.807) is 21.3 Å². The summed E-state index contributed by atoms with van der Waals surface area (Å²) >= 11 is 0. The molecule has 16 heavy (non-hydrogen) atoms. The van der Waals surface area contributed by atoms with Crippen molar-refractivity contribution < 1.29 is 19.0 Å². The minimum atomic E-state index is -0.315. The van der Waals surface area contributed by atoms with Crippen LogP contribution in [0.5, 0.6) is 0 Å². The normalized spacial score (nSPS) is 22.4. The molecule has 0 radical (unpaired) electrons. The zero-order valence-corrected chi connectivity index (χ0v) is 10.1. The molecule has 0 bridgehead atoms. The SMILES string of the molecule is CNC(=O)C1COCCN1CC(OC)OC. The first-order chi connectivity index (χ1) is 7.72. The van der Waals surface area contributed by atoms with Crippen LogP contribution in [0.4, 0.5) is 0 Å². The van der Waals surface area contributed by atoms with Crippen molar-refractivity contribution in [1.82, 2.24) is 10.2 Å². The Labute approximate surface area is 95.8 Å². The molecule has 1 rings (SSSR count). The molecule has 6 heteroatoms. The Kier molecular flexibility index (Phi) is 5.68. The summed E-state index contributed by atoms with van der Waals surface area (Å²) < 4.78 is 15.6. The molecule has 0 saturated carbocycles. The minimum Gasteiger partial charge on any atom is -0.378 e. The molecule has 0 aromatic heterocycles. The number of rotatable bonds is 5. The van der Waals surface area contributed by atoms with Crippen LogP contribution in [0.1, 0.15) is 0 Å². The van der Waals surface area contributed by atoms with E-state index < -0.39 is 0 Å². The summed E-state index contributed by atoms with van der Waals surface area (Å²) in [6, 6.07) is -0.258. The molecule has 1 aliphatic rings. The van der Waals surface area contributed by atoms with Gasteiger partial charge in [0.2, 0.25) is 5.91 Å². The Morgan fingerprint density at radius 1 is 1.56 bits per heavy atom. The lowest BCUT2D eigenvalue weighted by Gasteiger charge is -2.35. The van der Waals surface area contributed by atoms with E-state index >= 15 is 0 Å². The fourth-order valence-corrected chi connectivity index (χ4v) is 1.70. The maximum atomic E-state index is 11.6. The molecule has 1 heterocycles. The van der Waals surface area contributed by atoms with Gasteiger partial charge in [-0.05, 0) is 0 Å². The lowest BCUT2D eigenvalue weighted by Crippen LogP contribution is -2.55. The van der Waals surface area contributed by atoms with Gasteiger partial charge in [0.05, 0.1) is 19.8 Å². The number of likely N-dealkylation sites (N-methyl/N-ethyl adjacent to an activating group) is 1. The lowest BCUT2D eigenvalue weighted by atomic mass is 10.2. The summed E-state index contributed by atoms with van der Waals surface area (Å²) in [6.45, 7) is 2.32. The molecule has 1 saturated heterocycles. The highest BCUT2D eigenvalue weighted by molar-refractivity contribution is 5.81. The number of hydrogen-bond acceptors (Lipinski definition) is 5. The van der Waals surface area contributed by atoms with E-state index in [9.17, 15) is 4.79 Å². The second kappa shape index (κ2) is 6.80. The van der Waals surface area contributed by atoms with Gasteiger partial charge < -0.3 is 19.5 Å². The Morgan fingerprint density at radius 3 is 2.81 bits per heavy atom. The molecule has 1 aliphatic heterocycles. The highest BCUT2D eigenvalue weighted by Crippen LogP contribution is 2.09. The molecular formula is C10H20N2O4. The average Bonchev–Trinajstić information content (AvgIpc) is 2.35. The number of methoxy groups -OCH3 is 2. The summed E-state index contributed by atoms with van der Waals surface area (Å²) in [5.41, 5.74) is 0. The monoisotopic (exact) mass is 232 g/mol. The number of morpholine rings is 1. The third kappa shape index (κ3) is 3.41. The van der Waals surface area contributed by atoms with Crippen LogP contribution in [-0.4, -0.2) is 70.7 Å². The Balaban J connectivity index is 2.55. The first kappa shape index (κ1) is 13.4. The first-order valence-corrected chi connectivity index (χ1v) is 5.32. The number of hydrogen-bond donors (Lipinski definition) is 1. The molecular weight excluding hydrogens is 212 g/mol. The van der Waals surface area contributed by atoms with E-state index in [-0.39, 0.29) is 18.2 Å². The van der Waals surface area contributed by atoms with Crippen LogP contribution in [0, 0.1) is 0 Å². The van der Waals surface area contributed by atoms with E-state index in [1.165, 1.54) is 0 Å². The van der Waals surface area contributed by atoms with Gasteiger partial charge in [-0.15, -0.1) is 0 Å². The van der Waals surface area contributed by atoms with Gasteiger partial charge in [-0.1, -0.05) is 0 Å². The van der Waals surface area contributed by atoms with Crippen LogP contribution in [0.15, 0.2) is 0 Å². The zero-order chi connectivity index (χ0) is 12.0. The summed E-state index contributed by atoms with van der Waals surface area (Å²) in [6.07, 6.45) is -0.315. The second-order valence-electron chi connectivity index (χ2n) is 3.60. The number of nitrogens with one attached hydrogen (secondary N) is 1. The van der Waals surface area contributed by atoms with Gasteiger partial charge in [0.1, 0.15) is 6.04 Å². The lowest BCUT2D eigenvalue weighted by molar-refractivity contribution is -0.147. The quantitative estimate of drug-likeness (QED) is 0.619. The molecule has 6 nitrogen and oxygen atoms in total. The van der Waals surface area contributed by atoms with Crippen LogP contribution in [0.3, 0.4) is 0 Å². The van der Waals surface area contributed by atoms with Crippen molar-refractivity contribution in [2.45, 2.75) is 12.3 Å². The minimum absolute atomic E-state index is 0.0364. The van der Waals surface area contributed by atoms with Gasteiger partial charge in [-0.3, -0.25) is 9.69 Å². The van der Waals surface area contributed by atoms with Crippen LogP contribution >= 0.6 is 0 Å². The molecule has 94 valence electrons. The van der Waals surface area contributed by atoms with Crippen molar-refractivity contribution in [3.05, 3.63) is 0 Å². The van der Waals surface area contributed by atoms with Gasteiger partial charge in [-0.2, -0.15) is 0 Å². The highest BCUT2D eigenvalue weighted by Gasteiger charge is 2.30. The van der Waals surface area contributed by atoms with Gasteiger partial charge in [0, 0.05) is 27.8 Å². The number of carbonyl (C=O) groups is 1. The van der Waals surface area contributed by atoms with Crippen LogP contribution in [0.2, 0.25) is 0 Å². The van der Waals surface area contributed by atoms with Crippen molar-refractivity contribution in [2.75, 3.05) is 47.6 Å². The molecule has 1 fully saturated rings. The van der Waals surface area contributed by atoms with Gasteiger partial charge in [0.25, 0.3) is 0 Å². The molecule has 1 N–H and O–H groups in total. The Bertz CT molecular complexity index is 221. The Morgan fingerprint density at radius 2 is 2.25 bits per heavy atom. The fourth-order valence-electron chi connectivity index (χ4n) is 1.70. The predicted molar refractivity (Wildman–Crippen MR) is 58.1 cm³/mol. The van der Waals surface area contributed by atoms with Crippen molar-refractivity contribution in [1.29, 1.82) is 0 Å². The standard InChI is InChI=1S/C10H20N2O4/c1-11-10(13)8-7-16-5-4-12(8)6-9(14-2)15-3/h8-9H,4-7H2,1-3H3,(H,11,13). The largest absolute Gasteiger partial charge is 0.378 e. The molecule has 0 aliphatic carbocycles. The van der Waals surface area contributed by atoms with Crippen molar-refractivity contribution in [2.24, 2.45) is 0 Å². The summed E-state index contributed by atoms with van der Waals surface area (Å²) in [7, 11) is 4.80. The van der Waals surface area contributed by atoms with Crippen LogP contribution < -0.4 is 5.32 Å². The molecule has 0 aromatic rings. The van der Waals surface area contributed by atoms with E-state index in [2.05, 4.69) is 5.32 Å². The summed E-state index contributed by atoms with van der Waals surface area (Å²) in [5, 5.41) is 2.63. The fraction of sp³-hybridized carbons (Fsp3) is 0.900. The predicted octanol–water partition coefficient (Wildman–Crippen LogP) is -0.948. The smallest absolute Gasteiger partial charge is 0.239 e. The first-order valence-electron chi connectivity index (χ1n) is 5.32. The molecule has 1 atom stereocenters. The maximum absolute atomic E-state index is 11.6. The maximum Gasteiger partial charge on any atom is 0.239 e. The number of nitrogens with zero attached hydrogens (tertiary/aromatic N) is 1. The molecule has 1 unspecified atom stereocenters. The highest BCUT2D eigenvalue weighted by atomic mass is 16.7. The molecule has 0 aromatic carbocycles. The number of ether oxygens (including phenoxy) is 3. The van der Waals surface area contributed by atoms with E-state index in [0.29, 0.717) is 26.3 Å². The topological polar surface area (TPSA) is 60.0 Å². The van der Waals surface area contributed by atoms with Crippen molar-refractivity contribution in [3.63, 3.8) is 0 Å². The zero-order valence-electron chi connectivity index (χ0n) is 10.1. The van der Waals surface area contributed by atoms with Crippen LogP contribution in [0.25, 0.3) is 0 Å². The van der Waals surface area contributed by atoms with Crippen molar-refractivity contribution >= 4 is 5.91 Å². The summed E-state index contributed by atoms with van der Waals surface area (Å²) in [5.74, 6) is -0.0364. The van der Waals surface area contributed by atoms with E-state index in [0.717, 1.165) is 0 Å². The molecule has 0 spiro atoms. The molecule has 1 amide bonds. The Hall–Kier alpha value is -0.690. The van der Waals surface area contributed by atoms with Gasteiger partial charge >= 0.3 is 0 Å². The van der Waals surface area contributed by atoms with Crippen molar-refractivity contribution in [3.8, 4) is 0 Å². The van der Waals surface area contributed by atoms with Gasteiger partial charge in [0.15, 0.2) is 6.29 Å². The summed E-state index contributed by atoms with van der Waals surface area (Å²) in [4.78, 5) is 13.6. The average molecular weight is 232 g/mol. The van der Waals surface area contributed by atoms with E-state index in [4.69, 9.17) is 14.2 Å². The third-order valence-electron chi connectivity index (χ3n) is 2.70. The van der Waals surface area contributed by atoms with Crippen LogP contribution in [-0.2, 0) is 19.0 Å². The van der Waals surface area contributed by atoms with E-state index in [1.807, 2.05) is 4.90 Å². The van der Waals surface area contributed by atoms with Gasteiger partial charge in [-0.25, -0.2) is 0 Å². The number of amides is 1. The number of carbonyl (C=O) groups excluding carboxylic acids is 1. The third-order valence-corrected chi connectivity index (χ3v) is 2.70. The second-order valence-corrected chi connectivity index (χ2v) is 3.60.